The lowest BCUT2D eigenvalue weighted by atomic mass is 10.1. The number of aryl methyl sites for hydroxylation is 2. The van der Waals surface area contributed by atoms with Crippen LogP contribution in [-0.2, 0) is 16.4 Å². The Morgan fingerprint density at radius 2 is 1.96 bits per heavy atom. The molecule has 6 heteroatoms. The van der Waals surface area contributed by atoms with Crippen LogP contribution in [0, 0.1) is 13.8 Å². The molecule has 0 radical (unpaired) electrons. The molecule has 1 amide bonds. The van der Waals surface area contributed by atoms with E-state index in [0.29, 0.717) is 18.5 Å². The van der Waals surface area contributed by atoms with Crippen LogP contribution in [0.2, 0.25) is 0 Å². The summed E-state index contributed by atoms with van der Waals surface area (Å²) >= 11 is 1.61. The highest BCUT2D eigenvalue weighted by Crippen LogP contribution is 2.26. The van der Waals surface area contributed by atoms with Crippen LogP contribution in [0.4, 0.5) is 0 Å². The molecule has 1 fully saturated rings. The predicted molar refractivity (Wildman–Crippen MR) is 97.2 cm³/mol. The van der Waals surface area contributed by atoms with Crippen molar-refractivity contribution in [1.29, 1.82) is 0 Å². The summed E-state index contributed by atoms with van der Waals surface area (Å²) in [5, 5.41) is 2.01. The van der Waals surface area contributed by atoms with Crippen molar-refractivity contribution in [2.75, 3.05) is 11.5 Å². The molecule has 1 atom stereocenters. The van der Waals surface area contributed by atoms with E-state index in [0.717, 1.165) is 16.0 Å². The molecule has 0 bridgehead atoms. The first-order valence-electron chi connectivity index (χ1n) is 7.97. The monoisotopic (exact) mass is 363 g/mol. The van der Waals surface area contributed by atoms with Gasteiger partial charge in [-0.15, -0.1) is 11.3 Å². The van der Waals surface area contributed by atoms with E-state index in [-0.39, 0.29) is 23.5 Å². The zero-order valence-corrected chi connectivity index (χ0v) is 15.5. The molecule has 24 heavy (non-hydrogen) atoms. The third-order valence-corrected chi connectivity index (χ3v) is 7.33. The normalized spacial score (nSPS) is 19.3. The first kappa shape index (κ1) is 17.2. The number of benzene rings is 1. The molecule has 1 saturated heterocycles. The Morgan fingerprint density at radius 3 is 2.54 bits per heavy atom. The highest BCUT2D eigenvalue weighted by molar-refractivity contribution is 7.91. The highest BCUT2D eigenvalue weighted by atomic mass is 32.2. The van der Waals surface area contributed by atoms with Gasteiger partial charge in [0.2, 0.25) is 0 Å². The fraction of sp³-hybridized carbons (Fsp3) is 0.389. The Balaban J connectivity index is 1.94. The Morgan fingerprint density at radius 1 is 1.21 bits per heavy atom. The van der Waals surface area contributed by atoms with E-state index in [9.17, 15) is 13.2 Å². The molecule has 4 nitrogen and oxygen atoms in total. The number of rotatable bonds is 4. The molecule has 0 aliphatic carbocycles. The van der Waals surface area contributed by atoms with Crippen LogP contribution in [0.5, 0.6) is 0 Å². The van der Waals surface area contributed by atoms with Crippen molar-refractivity contribution in [3.63, 3.8) is 0 Å². The molecule has 1 aromatic carbocycles. The maximum absolute atomic E-state index is 13.1. The van der Waals surface area contributed by atoms with Crippen molar-refractivity contribution in [1.82, 2.24) is 4.90 Å². The quantitative estimate of drug-likeness (QED) is 0.838. The third kappa shape index (κ3) is 3.54. The van der Waals surface area contributed by atoms with Gasteiger partial charge in [0.15, 0.2) is 9.84 Å². The number of sulfone groups is 1. The average Bonchev–Trinajstić information content (AvgIpc) is 3.10. The second-order valence-electron chi connectivity index (χ2n) is 6.33. The first-order valence-corrected chi connectivity index (χ1v) is 10.7. The number of carbonyl (C=O) groups excluding carboxylic acids is 1. The van der Waals surface area contributed by atoms with Crippen molar-refractivity contribution in [2.24, 2.45) is 0 Å². The number of hydrogen-bond acceptors (Lipinski definition) is 4. The van der Waals surface area contributed by atoms with Crippen molar-refractivity contribution >= 4 is 27.1 Å². The molecule has 1 aliphatic rings. The number of hydrogen-bond donors (Lipinski definition) is 0. The van der Waals surface area contributed by atoms with E-state index in [4.69, 9.17) is 0 Å². The van der Waals surface area contributed by atoms with Crippen LogP contribution >= 0.6 is 11.3 Å². The molecule has 0 saturated carbocycles. The van der Waals surface area contributed by atoms with Gasteiger partial charge < -0.3 is 4.90 Å². The predicted octanol–water partition coefficient (Wildman–Crippen LogP) is 3.19. The summed E-state index contributed by atoms with van der Waals surface area (Å²) < 4.78 is 23.8. The third-order valence-electron chi connectivity index (χ3n) is 4.57. The summed E-state index contributed by atoms with van der Waals surface area (Å²) in [6.45, 7) is 4.40. The van der Waals surface area contributed by atoms with Gasteiger partial charge >= 0.3 is 0 Å². The molecule has 128 valence electrons. The molecule has 3 rings (SSSR count). The van der Waals surface area contributed by atoms with E-state index in [1.54, 1.807) is 16.2 Å². The minimum absolute atomic E-state index is 0.0645. The molecule has 2 aromatic rings. The Hall–Kier alpha value is -1.66. The van der Waals surface area contributed by atoms with Gasteiger partial charge in [0.1, 0.15) is 0 Å². The first-order chi connectivity index (χ1) is 11.4. The van der Waals surface area contributed by atoms with E-state index in [1.165, 1.54) is 0 Å². The summed E-state index contributed by atoms with van der Waals surface area (Å²) in [4.78, 5) is 16.0. The van der Waals surface area contributed by atoms with E-state index < -0.39 is 9.84 Å². The van der Waals surface area contributed by atoms with Gasteiger partial charge in [-0.25, -0.2) is 8.42 Å². The van der Waals surface area contributed by atoms with E-state index >= 15 is 0 Å². The smallest absolute Gasteiger partial charge is 0.254 e. The minimum atomic E-state index is -3.05. The van der Waals surface area contributed by atoms with Gasteiger partial charge in [0, 0.05) is 16.5 Å². The van der Waals surface area contributed by atoms with Crippen molar-refractivity contribution in [2.45, 2.75) is 32.9 Å². The van der Waals surface area contributed by atoms with Crippen LogP contribution in [0.1, 0.15) is 32.8 Å². The molecule has 1 aromatic heterocycles. The van der Waals surface area contributed by atoms with Crippen molar-refractivity contribution in [3.8, 4) is 0 Å². The second-order valence-corrected chi connectivity index (χ2v) is 9.56. The van der Waals surface area contributed by atoms with Gasteiger partial charge in [-0.3, -0.25) is 4.79 Å². The fourth-order valence-corrected chi connectivity index (χ4v) is 5.71. The van der Waals surface area contributed by atoms with E-state index in [1.807, 2.05) is 49.6 Å². The summed E-state index contributed by atoms with van der Waals surface area (Å²) in [5.41, 5.74) is 2.70. The van der Waals surface area contributed by atoms with Gasteiger partial charge in [0.05, 0.1) is 18.1 Å². The lowest BCUT2D eigenvalue weighted by Crippen LogP contribution is -2.40. The standard InChI is InChI=1S/C18H21NO3S2/c1-13-5-3-4-6-16(13)18(20)19(11-17-14(2)7-9-23-17)15-8-10-24(21,22)12-15/h3-7,9,15H,8,10-12H2,1-2H3. The Bertz CT molecular complexity index is 855. The SMILES string of the molecule is Cc1ccccc1C(=O)N(Cc1sccc1C)C1CCS(=O)(=O)C1. The largest absolute Gasteiger partial charge is 0.329 e. The zero-order chi connectivity index (χ0) is 17.3. The molecular formula is C18H21NO3S2. The molecule has 0 spiro atoms. The molecule has 1 unspecified atom stereocenters. The van der Waals surface area contributed by atoms with Crippen LogP contribution < -0.4 is 0 Å². The highest BCUT2D eigenvalue weighted by Gasteiger charge is 2.35. The van der Waals surface area contributed by atoms with Crippen LogP contribution in [-0.4, -0.2) is 36.8 Å². The van der Waals surface area contributed by atoms with Gasteiger partial charge in [-0.05, 0) is 48.9 Å². The maximum atomic E-state index is 13.1. The lowest BCUT2D eigenvalue weighted by molar-refractivity contribution is 0.0682. The van der Waals surface area contributed by atoms with Crippen molar-refractivity contribution < 1.29 is 13.2 Å². The van der Waals surface area contributed by atoms with Gasteiger partial charge in [-0.2, -0.15) is 0 Å². The summed E-state index contributed by atoms with van der Waals surface area (Å²) in [6.07, 6.45) is 0.518. The maximum Gasteiger partial charge on any atom is 0.254 e. The Kier molecular flexibility index (Phi) is 4.78. The summed E-state index contributed by atoms with van der Waals surface area (Å²) in [6, 6.07) is 9.26. The fourth-order valence-electron chi connectivity index (χ4n) is 3.08. The number of nitrogens with zero attached hydrogens (tertiary/aromatic N) is 1. The molecule has 2 heterocycles. The van der Waals surface area contributed by atoms with Gasteiger partial charge in [0.25, 0.3) is 5.91 Å². The molecule has 0 N–H and O–H groups in total. The van der Waals surface area contributed by atoms with E-state index in [2.05, 4.69) is 0 Å². The second kappa shape index (κ2) is 6.69. The number of amides is 1. The van der Waals surface area contributed by atoms with Gasteiger partial charge in [-0.1, -0.05) is 18.2 Å². The van der Waals surface area contributed by atoms with Crippen molar-refractivity contribution in [3.05, 3.63) is 57.3 Å². The van der Waals surface area contributed by atoms with Crippen LogP contribution in [0.15, 0.2) is 35.7 Å². The number of carbonyl (C=O) groups is 1. The lowest BCUT2D eigenvalue weighted by Gasteiger charge is -2.29. The average molecular weight is 364 g/mol. The zero-order valence-electron chi connectivity index (χ0n) is 13.9. The minimum Gasteiger partial charge on any atom is -0.329 e. The molecular weight excluding hydrogens is 342 g/mol. The summed E-state index contributed by atoms with van der Waals surface area (Å²) in [7, 11) is -3.05. The Labute approximate surface area is 147 Å². The number of thiophene rings is 1. The topological polar surface area (TPSA) is 54.5 Å². The van der Waals surface area contributed by atoms with Crippen LogP contribution in [0.3, 0.4) is 0 Å². The molecule has 1 aliphatic heterocycles. The summed E-state index contributed by atoms with van der Waals surface area (Å²) in [5.74, 6) is 0.149. The van der Waals surface area contributed by atoms with Crippen LogP contribution in [0.25, 0.3) is 0 Å².